The third kappa shape index (κ3) is 6.18. The fourth-order valence-corrected chi connectivity index (χ4v) is 3.23. The van der Waals surface area contributed by atoms with Crippen LogP contribution in [-0.2, 0) is 20.7 Å². The molecule has 2 rings (SSSR count). The van der Waals surface area contributed by atoms with Crippen molar-refractivity contribution < 1.29 is 14.3 Å². The first kappa shape index (κ1) is 18.8. The van der Waals surface area contributed by atoms with Crippen molar-refractivity contribution in [2.75, 3.05) is 53.0 Å². The second-order valence-corrected chi connectivity index (χ2v) is 6.95. The number of carbonyl (C=O) groups excluding carboxylic acids is 2. The number of nitrogens with zero attached hydrogens (tertiary/aromatic N) is 3. The molecule has 24 heavy (non-hydrogen) atoms. The van der Waals surface area contributed by atoms with Crippen LogP contribution in [0.5, 0.6) is 0 Å². The number of hydrogen-bond acceptors (Lipinski definition) is 6. The molecule has 0 saturated carbocycles. The van der Waals surface area contributed by atoms with Gasteiger partial charge in [-0.15, -0.1) is 11.3 Å². The van der Waals surface area contributed by atoms with E-state index < -0.39 is 0 Å². The summed E-state index contributed by atoms with van der Waals surface area (Å²) in [4.78, 5) is 32.4. The lowest BCUT2D eigenvalue weighted by Crippen LogP contribution is -2.51. The Morgan fingerprint density at radius 1 is 1.33 bits per heavy atom. The van der Waals surface area contributed by atoms with Crippen molar-refractivity contribution in [3.8, 4) is 0 Å². The molecule has 134 valence electrons. The maximum atomic E-state index is 12.3. The van der Waals surface area contributed by atoms with Crippen molar-refractivity contribution in [2.24, 2.45) is 0 Å². The summed E-state index contributed by atoms with van der Waals surface area (Å²) in [6, 6.07) is 0. The van der Waals surface area contributed by atoms with E-state index in [0.717, 1.165) is 30.2 Å². The number of carbonyl (C=O) groups is 2. The van der Waals surface area contributed by atoms with Gasteiger partial charge in [0.25, 0.3) is 0 Å². The molecule has 1 aromatic heterocycles. The third-order valence-corrected chi connectivity index (χ3v) is 4.76. The fraction of sp³-hybridized carbons (Fsp3) is 0.688. The van der Waals surface area contributed by atoms with Gasteiger partial charge in [-0.3, -0.25) is 14.5 Å². The Balaban J connectivity index is 1.65. The Morgan fingerprint density at radius 2 is 2.08 bits per heavy atom. The number of amides is 2. The summed E-state index contributed by atoms with van der Waals surface area (Å²) in [6.07, 6.45) is 1.19. The maximum absolute atomic E-state index is 12.3. The first-order valence-electron chi connectivity index (χ1n) is 8.25. The zero-order valence-corrected chi connectivity index (χ0v) is 15.2. The van der Waals surface area contributed by atoms with Crippen LogP contribution in [0.2, 0.25) is 0 Å². The molecule has 0 aromatic carbocycles. The van der Waals surface area contributed by atoms with Gasteiger partial charge in [0.2, 0.25) is 11.8 Å². The first-order valence-corrected chi connectivity index (χ1v) is 9.13. The van der Waals surface area contributed by atoms with E-state index in [1.54, 1.807) is 18.4 Å². The van der Waals surface area contributed by atoms with E-state index in [-0.39, 0.29) is 11.8 Å². The van der Waals surface area contributed by atoms with Crippen molar-refractivity contribution in [2.45, 2.75) is 19.8 Å². The smallest absolute Gasteiger partial charge is 0.234 e. The van der Waals surface area contributed by atoms with Gasteiger partial charge in [-0.1, -0.05) is 0 Å². The molecule has 0 spiro atoms. The number of aromatic nitrogens is 1. The topological polar surface area (TPSA) is 74.8 Å². The highest BCUT2D eigenvalue weighted by atomic mass is 32.1. The lowest BCUT2D eigenvalue weighted by atomic mass is 10.2. The molecule has 1 aliphatic heterocycles. The molecule has 0 unspecified atom stereocenters. The second-order valence-electron chi connectivity index (χ2n) is 5.89. The van der Waals surface area contributed by atoms with Crippen LogP contribution in [0.4, 0.5) is 0 Å². The molecule has 1 aliphatic rings. The SMILES string of the molecule is COCCCNC(=O)CN1CCN(C(=O)Cc2csc(C)n2)CC1. The van der Waals surface area contributed by atoms with E-state index in [0.29, 0.717) is 39.2 Å². The van der Waals surface area contributed by atoms with Gasteiger partial charge in [-0.2, -0.15) is 0 Å². The highest BCUT2D eigenvalue weighted by Crippen LogP contribution is 2.11. The van der Waals surface area contributed by atoms with Crippen LogP contribution >= 0.6 is 11.3 Å². The average Bonchev–Trinajstić information content (AvgIpc) is 2.97. The number of methoxy groups -OCH3 is 1. The van der Waals surface area contributed by atoms with Gasteiger partial charge in [0.05, 0.1) is 23.7 Å². The summed E-state index contributed by atoms with van der Waals surface area (Å²) in [5, 5.41) is 5.81. The van der Waals surface area contributed by atoms with Gasteiger partial charge in [0.15, 0.2) is 0 Å². The Kier molecular flexibility index (Phi) is 7.61. The second kappa shape index (κ2) is 9.71. The van der Waals surface area contributed by atoms with Crippen molar-refractivity contribution in [3.63, 3.8) is 0 Å². The van der Waals surface area contributed by atoms with Crippen LogP contribution in [0.1, 0.15) is 17.1 Å². The molecule has 1 aromatic rings. The van der Waals surface area contributed by atoms with Gasteiger partial charge in [-0.05, 0) is 13.3 Å². The number of aryl methyl sites for hydroxylation is 1. The number of hydrogen-bond donors (Lipinski definition) is 1. The molecule has 8 heteroatoms. The minimum atomic E-state index is 0.0313. The lowest BCUT2D eigenvalue weighted by Gasteiger charge is -2.34. The van der Waals surface area contributed by atoms with Gasteiger partial charge in [-0.25, -0.2) is 4.98 Å². The number of ether oxygens (including phenoxy) is 1. The van der Waals surface area contributed by atoms with Crippen LogP contribution in [-0.4, -0.2) is 79.6 Å². The molecular weight excluding hydrogens is 328 g/mol. The van der Waals surface area contributed by atoms with Crippen LogP contribution in [0.15, 0.2) is 5.38 Å². The van der Waals surface area contributed by atoms with Gasteiger partial charge in [0, 0.05) is 51.8 Å². The predicted molar refractivity (Wildman–Crippen MR) is 93.1 cm³/mol. The van der Waals surface area contributed by atoms with E-state index >= 15 is 0 Å². The molecule has 1 N–H and O–H groups in total. The first-order chi connectivity index (χ1) is 11.6. The number of thiazole rings is 1. The summed E-state index contributed by atoms with van der Waals surface area (Å²) in [5.74, 6) is 0.146. The van der Waals surface area contributed by atoms with Crippen LogP contribution in [0.3, 0.4) is 0 Å². The highest BCUT2D eigenvalue weighted by molar-refractivity contribution is 7.09. The summed E-state index contributed by atoms with van der Waals surface area (Å²) in [5.41, 5.74) is 0.848. The third-order valence-electron chi connectivity index (χ3n) is 3.94. The predicted octanol–water partition coefficient (Wildman–Crippen LogP) is 0.291. The average molecular weight is 354 g/mol. The molecule has 0 bridgehead atoms. The Bertz CT molecular complexity index is 541. The van der Waals surface area contributed by atoms with Gasteiger partial charge >= 0.3 is 0 Å². The van der Waals surface area contributed by atoms with Crippen LogP contribution in [0.25, 0.3) is 0 Å². The summed E-state index contributed by atoms with van der Waals surface area (Å²) in [7, 11) is 1.65. The van der Waals surface area contributed by atoms with Crippen molar-refractivity contribution in [3.05, 3.63) is 16.1 Å². The normalized spacial score (nSPS) is 15.5. The molecule has 1 fully saturated rings. The van der Waals surface area contributed by atoms with Crippen molar-refractivity contribution >= 4 is 23.2 Å². The number of piperazine rings is 1. The number of rotatable bonds is 8. The van der Waals surface area contributed by atoms with E-state index in [1.807, 2.05) is 17.2 Å². The molecule has 1 saturated heterocycles. The largest absolute Gasteiger partial charge is 0.385 e. The molecule has 2 amide bonds. The summed E-state index contributed by atoms with van der Waals surface area (Å²) < 4.78 is 4.95. The zero-order valence-electron chi connectivity index (χ0n) is 14.4. The van der Waals surface area contributed by atoms with Crippen molar-refractivity contribution in [1.29, 1.82) is 0 Å². The molecule has 2 heterocycles. The van der Waals surface area contributed by atoms with E-state index in [1.165, 1.54) is 0 Å². The Hall–Kier alpha value is -1.51. The summed E-state index contributed by atoms with van der Waals surface area (Å²) >= 11 is 1.57. The minimum Gasteiger partial charge on any atom is -0.385 e. The molecule has 0 radical (unpaired) electrons. The standard InChI is InChI=1S/C16H26N4O3S/c1-13-18-14(12-24-13)10-16(22)20-7-5-19(6-8-20)11-15(21)17-4-3-9-23-2/h12H,3-11H2,1-2H3,(H,17,21). The Morgan fingerprint density at radius 3 is 2.71 bits per heavy atom. The molecule has 0 atom stereocenters. The van der Waals surface area contributed by atoms with Gasteiger partial charge < -0.3 is 15.0 Å². The van der Waals surface area contributed by atoms with E-state index in [9.17, 15) is 9.59 Å². The monoisotopic (exact) mass is 354 g/mol. The molecular formula is C16H26N4O3S. The quantitative estimate of drug-likeness (QED) is 0.679. The summed E-state index contributed by atoms with van der Waals surface area (Å²) in [6.45, 7) is 6.41. The molecule has 7 nitrogen and oxygen atoms in total. The Labute approximate surface area is 147 Å². The number of nitrogens with one attached hydrogen (secondary N) is 1. The lowest BCUT2D eigenvalue weighted by molar-refractivity contribution is -0.132. The highest BCUT2D eigenvalue weighted by Gasteiger charge is 2.22. The van der Waals surface area contributed by atoms with Crippen LogP contribution in [0, 0.1) is 6.92 Å². The molecule has 0 aliphatic carbocycles. The van der Waals surface area contributed by atoms with Crippen LogP contribution < -0.4 is 5.32 Å². The maximum Gasteiger partial charge on any atom is 0.234 e. The van der Waals surface area contributed by atoms with Crippen molar-refractivity contribution in [1.82, 2.24) is 20.1 Å². The van der Waals surface area contributed by atoms with E-state index in [4.69, 9.17) is 4.74 Å². The van der Waals surface area contributed by atoms with E-state index in [2.05, 4.69) is 15.2 Å². The fourth-order valence-electron chi connectivity index (χ4n) is 2.61. The minimum absolute atomic E-state index is 0.0313. The van der Waals surface area contributed by atoms with Gasteiger partial charge in [0.1, 0.15) is 0 Å². The zero-order chi connectivity index (χ0) is 17.4.